The van der Waals surface area contributed by atoms with Gasteiger partial charge in [0.05, 0.1) is 12.7 Å². The molecule has 0 N–H and O–H groups in total. The molecule has 1 heterocycles. The molecule has 0 amide bonds. The highest BCUT2D eigenvalue weighted by Crippen LogP contribution is 2.42. The molecular weight excluding hydrogens is 557 g/mol. The molecule has 0 bridgehead atoms. The SMILES string of the molecule is CC(C)(C)[Si](OCC[C@H]1O[C@@H]1COC(c1ccccc1)(c1ccccc1)c1ccccc1)(c1ccccc1)c1ccccc1. The standard InChI is InChI=1S/C40H42O3Si/c1-39(2,3)44(35-25-15-7-16-26-35,36-27-17-8-18-28-36)42-30-29-37-38(43-37)31-41-40(32-19-9-4-10-20-32,33-21-11-5-12-22-33)34-23-13-6-14-24-34/h4-28,37-38H,29-31H2,1-3H3/t37-,38-/m1/s1. The van der Waals surface area contributed by atoms with Crippen LogP contribution in [-0.4, -0.2) is 33.7 Å². The smallest absolute Gasteiger partial charge is 0.261 e. The summed E-state index contributed by atoms with van der Waals surface area (Å²) in [6, 6.07) is 53.2. The third-order valence-corrected chi connectivity index (χ3v) is 13.9. The highest BCUT2D eigenvalue weighted by Gasteiger charge is 2.51. The number of epoxide rings is 1. The highest BCUT2D eigenvalue weighted by atomic mass is 28.4. The van der Waals surface area contributed by atoms with Crippen LogP contribution in [-0.2, 0) is 19.5 Å². The number of ether oxygens (including phenoxy) is 2. The van der Waals surface area contributed by atoms with Crippen molar-refractivity contribution in [2.45, 2.75) is 50.0 Å². The van der Waals surface area contributed by atoms with E-state index >= 15 is 0 Å². The van der Waals surface area contributed by atoms with E-state index in [0.717, 1.165) is 23.1 Å². The molecule has 0 aliphatic carbocycles. The molecule has 2 atom stereocenters. The minimum atomic E-state index is -2.58. The van der Waals surface area contributed by atoms with Gasteiger partial charge in [-0.25, -0.2) is 0 Å². The molecule has 224 valence electrons. The molecule has 1 saturated heterocycles. The zero-order chi connectivity index (χ0) is 30.5. The van der Waals surface area contributed by atoms with Crippen LogP contribution in [0.15, 0.2) is 152 Å². The van der Waals surface area contributed by atoms with Gasteiger partial charge in [-0.05, 0) is 38.5 Å². The summed E-state index contributed by atoms with van der Waals surface area (Å²) in [5.41, 5.74) is 2.56. The summed E-state index contributed by atoms with van der Waals surface area (Å²) in [6.45, 7) is 8.08. The predicted molar refractivity (Wildman–Crippen MR) is 182 cm³/mol. The van der Waals surface area contributed by atoms with Crippen LogP contribution in [0.1, 0.15) is 43.9 Å². The Morgan fingerprint density at radius 1 is 0.545 bits per heavy atom. The van der Waals surface area contributed by atoms with Crippen molar-refractivity contribution in [1.82, 2.24) is 0 Å². The Bertz CT molecular complexity index is 1450. The number of hydrogen-bond acceptors (Lipinski definition) is 3. The average Bonchev–Trinajstić information content (AvgIpc) is 3.83. The lowest BCUT2D eigenvalue weighted by molar-refractivity contribution is 0.00427. The van der Waals surface area contributed by atoms with Gasteiger partial charge in [0.1, 0.15) is 11.7 Å². The number of benzene rings is 5. The summed E-state index contributed by atoms with van der Waals surface area (Å²) in [5, 5.41) is 2.55. The first-order chi connectivity index (χ1) is 21.4. The van der Waals surface area contributed by atoms with Crippen LogP contribution in [0, 0.1) is 0 Å². The normalized spacial score (nSPS) is 16.9. The summed E-state index contributed by atoms with van der Waals surface area (Å²) < 4.78 is 20.4. The highest BCUT2D eigenvalue weighted by molar-refractivity contribution is 6.99. The van der Waals surface area contributed by atoms with E-state index in [1.807, 2.05) is 0 Å². The largest absolute Gasteiger partial charge is 0.407 e. The van der Waals surface area contributed by atoms with Crippen LogP contribution in [0.25, 0.3) is 0 Å². The molecule has 5 aromatic carbocycles. The van der Waals surface area contributed by atoms with E-state index in [9.17, 15) is 0 Å². The molecule has 1 fully saturated rings. The lowest BCUT2D eigenvalue weighted by atomic mass is 9.80. The predicted octanol–water partition coefficient (Wildman–Crippen LogP) is 7.73. The fourth-order valence-electron chi connectivity index (χ4n) is 6.65. The summed E-state index contributed by atoms with van der Waals surface area (Å²) in [7, 11) is -2.58. The van der Waals surface area contributed by atoms with Crippen LogP contribution < -0.4 is 10.4 Å². The molecule has 0 aromatic heterocycles. The van der Waals surface area contributed by atoms with Gasteiger partial charge < -0.3 is 13.9 Å². The second-order valence-electron chi connectivity index (χ2n) is 12.6. The summed E-state index contributed by atoms with van der Waals surface area (Å²) in [5.74, 6) is 0. The van der Waals surface area contributed by atoms with E-state index in [4.69, 9.17) is 13.9 Å². The molecule has 4 heteroatoms. The second kappa shape index (κ2) is 13.1. The van der Waals surface area contributed by atoms with E-state index in [-0.39, 0.29) is 17.2 Å². The zero-order valence-electron chi connectivity index (χ0n) is 25.9. The monoisotopic (exact) mass is 598 g/mol. The maximum Gasteiger partial charge on any atom is 0.261 e. The molecule has 0 unspecified atom stereocenters. The van der Waals surface area contributed by atoms with Crippen LogP contribution in [0.5, 0.6) is 0 Å². The van der Waals surface area contributed by atoms with E-state index in [1.165, 1.54) is 10.4 Å². The van der Waals surface area contributed by atoms with Gasteiger partial charge in [0.2, 0.25) is 0 Å². The van der Waals surface area contributed by atoms with E-state index < -0.39 is 13.9 Å². The topological polar surface area (TPSA) is 31.0 Å². The summed E-state index contributed by atoms with van der Waals surface area (Å²) in [4.78, 5) is 0. The Morgan fingerprint density at radius 3 is 1.32 bits per heavy atom. The van der Waals surface area contributed by atoms with E-state index in [1.54, 1.807) is 0 Å². The zero-order valence-corrected chi connectivity index (χ0v) is 26.9. The minimum Gasteiger partial charge on any atom is -0.407 e. The van der Waals surface area contributed by atoms with Gasteiger partial charge in [-0.3, -0.25) is 0 Å². The fourth-order valence-corrected chi connectivity index (χ4v) is 11.2. The molecular formula is C40H42O3Si. The Hall–Kier alpha value is -3.80. The van der Waals surface area contributed by atoms with Gasteiger partial charge in [-0.2, -0.15) is 0 Å². The molecule has 1 aliphatic heterocycles. The Morgan fingerprint density at radius 2 is 0.932 bits per heavy atom. The van der Waals surface area contributed by atoms with Crippen LogP contribution in [0.2, 0.25) is 5.04 Å². The fraction of sp³-hybridized carbons (Fsp3) is 0.250. The van der Waals surface area contributed by atoms with Gasteiger partial charge in [-0.1, -0.05) is 172 Å². The molecule has 1 aliphatic rings. The van der Waals surface area contributed by atoms with Crippen molar-refractivity contribution in [1.29, 1.82) is 0 Å². The summed E-state index contributed by atoms with van der Waals surface area (Å²) >= 11 is 0. The molecule has 0 spiro atoms. The van der Waals surface area contributed by atoms with Gasteiger partial charge in [0.25, 0.3) is 8.32 Å². The third-order valence-electron chi connectivity index (χ3n) is 8.83. The van der Waals surface area contributed by atoms with Crippen molar-refractivity contribution >= 4 is 18.7 Å². The molecule has 0 radical (unpaired) electrons. The van der Waals surface area contributed by atoms with Crippen molar-refractivity contribution in [3.8, 4) is 0 Å². The first kappa shape index (κ1) is 30.2. The van der Waals surface area contributed by atoms with Crippen molar-refractivity contribution in [2.75, 3.05) is 13.2 Å². The molecule has 44 heavy (non-hydrogen) atoms. The lowest BCUT2D eigenvalue weighted by Crippen LogP contribution is -2.66. The van der Waals surface area contributed by atoms with E-state index in [2.05, 4.69) is 172 Å². The third kappa shape index (κ3) is 5.96. The van der Waals surface area contributed by atoms with Crippen molar-refractivity contribution in [3.05, 3.63) is 168 Å². The summed E-state index contributed by atoms with van der Waals surface area (Å²) in [6.07, 6.45) is 0.953. The van der Waals surface area contributed by atoms with Crippen LogP contribution in [0.3, 0.4) is 0 Å². The quantitative estimate of drug-likeness (QED) is 0.0837. The average molecular weight is 599 g/mol. The van der Waals surface area contributed by atoms with Crippen molar-refractivity contribution < 1.29 is 13.9 Å². The van der Waals surface area contributed by atoms with Crippen molar-refractivity contribution in [2.24, 2.45) is 0 Å². The maximum absolute atomic E-state index is 7.14. The molecule has 3 nitrogen and oxygen atoms in total. The number of hydrogen-bond donors (Lipinski definition) is 0. The van der Waals surface area contributed by atoms with Gasteiger partial charge in [0.15, 0.2) is 0 Å². The van der Waals surface area contributed by atoms with Gasteiger partial charge in [0, 0.05) is 6.61 Å². The number of rotatable bonds is 12. The van der Waals surface area contributed by atoms with Gasteiger partial charge in [-0.15, -0.1) is 0 Å². The molecule has 0 saturated carbocycles. The Kier molecular flexibility index (Phi) is 8.97. The minimum absolute atomic E-state index is 0.0215. The van der Waals surface area contributed by atoms with Gasteiger partial charge >= 0.3 is 0 Å². The first-order valence-electron chi connectivity index (χ1n) is 15.7. The lowest BCUT2D eigenvalue weighted by Gasteiger charge is -2.43. The molecule has 5 aromatic rings. The maximum atomic E-state index is 7.14. The first-order valence-corrected chi connectivity index (χ1v) is 17.6. The molecule has 6 rings (SSSR count). The van der Waals surface area contributed by atoms with Crippen LogP contribution >= 0.6 is 0 Å². The second-order valence-corrected chi connectivity index (χ2v) is 16.9. The van der Waals surface area contributed by atoms with Crippen molar-refractivity contribution in [3.63, 3.8) is 0 Å². The Balaban J connectivity index is 1.21. The Labute approximate surface area is 263 Å². The van der Waals surface area contributed by atoms with Crippen LogP contribution in [0.4, 0.5) is 0 Å². The van der Waals surface area contributed by atoms with E-state index in [0.29, 0.717) is 13.2 Å².